The molecule has 2 atom stereocenters. The Labute approximate surface area is 91.8 Å². The zero-order valence-corrected chi connectivity index (χ0v) is 10.2. The maximum absolute atomic E-state index is 3.85. The monoisotopic (exact) mass is 214 g/mol. The maximum atomic E-state index is 3.85. The molecule has 2 nitrogen and oxygen atoms in total. The molecule has 2 fully saturated rings. The van der Waals surface area contributed by atoms with Crippen LogP contribution >= 0.6 is 11.8 Å². The minimum absolute atomic E-state index is 0.436. The smallest absolute Gasteiger partial charge is 0.0660 e. The van der Waals surface area contributed by atoms with E-state index < -0.39 is 0 Å². The van der Waals surface area contributed by atoms with E-state index in [0.717, 1.165) is 6.04 Å². The lowest BCUT2D eigenvalue weighted by molar-refractivity contribution is 0.336. The highest BCUT2D eigenvalue weighted by Crippen LogP contribution is 2.39. The summed E-state index contributed by atoms with van der Waals surface area (Å²) in [5.74, 6) is 1.32. The zero-order chi connectivity index (χ0) is 10.0. The first-order chi connectivity index (χ1) is 6.74. The Kier molecular flexibility index (Phi) is 3.40. The summed E-state index contributed by atoms with van der Waals surface area (Å²) in [6, 6.07) is 0.767. The van der Waals surface area contributed by atoms with Crippen LogP contribution in [0.15, 0.2) is 0 Å². The predicted molar refractivity (Wildman–Crippen MR) is 63.8 cm³/mol. The molecule has 0 saturated carbocycles. The van der Waals surface area contributed by atoms with Gasteiger partial charge in [0.15, 0.2) is 0 Å². The van der Waals surface area contributed by atoms with Gasteiger partial charge in [-0.1, -0.05) is 6.92 Å². The molecule has 0 aromatic carbocycles. The third kappa shape index (κ3) is 2.26. The molecule has 1 N–H and O–H groups in total. The highest BCUT2D eigenvalue weighted by atomic mass is 32.2. The molecule has 1 spiro atoms. The van der Waals surface area contributed by atoms with Crippen LogP contribution in [-0.2, 0) is 0 Å². The minimum Gasteiger partial charge on any atom is -0.306 e. The fourth-order valence-electron chi connectivity index (χ4n) is 2.47. The first kappa shape index (κ1) is 10.8. The average molecular weight is 214 g/mol. The summed E-state index contributed by atoms with van der Waals surface area (Å²) in [6.45, 7) is 4.83. The standard InChI is InChI=1S/C11H22N2S/c1-3-10-9-14-11(12-10)5-4-7-13(2)8-6-11/h10,12H,3-9H2,1-2H3. The van der Waals surface area contributed by atoms with Crippen molar-refractivity contribution in [2.75, 3.05) is 25.9 Å². The third-order valence-electron chi connectivity index (χ3n) is 3.54. The van der Waals surface area contributed by atoms with Gasteiger partial charge in [0, 0.05) is 18.3 Å². The Hall–Kier alpha value is 0.270. The van der Waals surface area contributed by atoms with Gasteiger partial charge in [-0.05, 0) is 39.3 Å². The van der Waals surface area contributed by atoms with E-state index in [1.807, 2.05) is 0 Å². The topological polar surface area (TPSA) is 15.3 Å². The van der Waals surface area contributed by atoms with E-state index in [0.29, 0.717) is 4.87 Å². The van der Waals surface area contributed by atoms with Crippen LogP contribution in [0.25, 0.3) is 0 Å². The molecule has 0 aromatic rings. The van der Waals surface area contributed by atoms with Crippen molar-refractivity contribution in [3.8, 4) is 0 Å². The molecule has 2 aliphatic rings. The number of hydrogen-bond donors (Lipinski definition) is 1. The summed E-state index contributed by atoms with van der Waals surface area (Å²) >= 11 is 2.18. The number of thioether (sulfide) groups is 1. The Balaban J connectivity index is 1.95. The van der Waals surface area contributed by atoms with Gasteiger partial charge < -0.3 is 4.90 Å². The van der Waals surface area contributed by atoms with Crippen LogP contribution in [0.5, 0.6) is 0 Å². The van der Waals surface area contributed by atoms with Gasteiger partial charge in [-0.3, -0.25) is 5.32 Å². The lowest BCUT2D eigenvalue weighted by Crippen LogP contribution is -2.42. The Morgan fingerprint density at radius 1 is 1.43 bits per heavy atom. The summed E-state index contributed by atoms with van der Waals surface area (Å²) in [6.07, 6.45) is 5.32. The second-order valence-corrected chi connectivity index (χ2v) is 6.12. The van der Waals surface area contributed by atoms with Gasteiger partial charge in [0.2, 0.25) is 0 Å². The first-order valence-corrected chi connectivity index (χ1v) is 6.83. The second-order valence-electron chi connectivity index (χ2n) is 4.71. The molecule has 0 aliphatic carbocycles. The van der Waals surface area contributed by atoms with Crippen LogP contribution in [0.2, 0.25) is 0 Å². The maximum Gasteiger partial charge on any atom is 0.0660 e. The second kappa shape index (κ2) is 4.42. The number of hydrogen-bond acceptors (Lipinski definition) is 3. The Morgan fingerprint density at radius 2 is 2.29 bits per heavy atom. The fourth-order valence-corrected chi connectivity index (χ4v) is 4.08. The van der Waals surface area contributed by atoms with Crippen molar-refractivity contribution in [3.05, 3.63) is 0 Å². The molecule has 2 saturated heterocycles. The van der Waals surface area contributed by atoms with Crippen molar-refractivity contribution in [3.63, 3.8) is 0 Å². The molecule has 0 amide bonds. The molecule has 14 heavy (non-hydrogen) atoms. The van der Waals surface area contributed by atoms with Crippen LogP contribution in [0.1, 0.15) is 32.6 Å². The van der Waals surface area contributed by atoms with Crippen molar-refractivity contribution in [1.82, 2.24) is 10.2 Å². The van der Waals surface area contributed by atoms with Gasteiger partial charge in [-0.25, -0.2) is 0 Å². The molecular weight excluding hydrogens is 192 g/mol. The lowest BCUT2D eigenvalue weighted by Gasteiger charge is -2.28. The van der Waals surface area contributed by atoms with E-state index >= 15 is 0 Å². The third-order valence-corrected chi connectivity index (χ3v) is 5.19. The molecule has 2 aliphatic heterocycles. The number of nitrogens with zero attached hydrogens (tertiary/aromatic N) is 1. The summed E-state index contributed by atoms with van der Waals surface area (Å²) in [7, 11) is 2.25. The number of nitrogens with one attached hydrogen (secondary N) is 1. The number of rotatable bonds is 1. The van der Waals surface area contributed by atoms with Gasteiger partial charge in [0.25, 0.3) is 0 Å². The quantitative estimate of drug-likeness (QED) is 0.718. The summed E-state index contributed by atoms with van der Waals surface area (Å²) in [4.78, 5) is 2.90. The zero-order valence-electron chi connectivity index (χ0n) is 9.38. The van der Waals surface area contributed by atoms with E-state index in [1.54, 1.807) is 0 Å². The molecule has 2 heterocycles. The van der Waals surface area contributed by atoms with Crippen LogP contribution in [0.3, 0.4) is 0 Å². The lowest BCUT2D eigenvalue weighted by atomic mass is 10.1. The van der Waals surface area contributed by atoms with Gasteiger partial charge in [0.1, 0.15) is 0 Å². The highest BCUT2D eigenvalue weighted by molar-refractivity contribution is 8.00. The molecule has 0 aromatic heterocycles. The SMILES string of the molecule is CCC1CSC2(CCCN(C)CC2)N1. The van der Waals surface area contributed by atoms with Gasteiger partial charge >= 0.3 is 0 Å². The van der Waals surface area contributed by atoms with Crippen LogP contribution < -0.4 is 5.32 Å². The minimum atomic E-state index is 0.436. The van der Waals surface area contributed by atoms with Crippen molar-refractivity contribution in [2.45, 2.75) is 43.5 Å². The van der Waals surface area contributed by atoms with E-state index in [4.69, 9.17) is 0 Å². The fraction of sp³-hybridized carbons (Fsp3) is 1.00. The van der Waals surface area contributed by atoms with Gasteiger partial charge in [-0.15, -0.1) is 11.8 Å². The molecule has 82 valence electrons. The van der Waals surface area contributed by atoms with Crippen molar-refractivity contribution >= 4 is 11.8 Å². The molecule has 0 radical (unpaired) electrons. The summed E-state index contributed by atoms with van der Waals surface area (Å²) < 4.78 is 0. The van der Waals surface area contributed by atoms with Crippen LogP contribution in [0, 0.1) is 0 Å². The largest absolute Gasteiger partial charge is 0.306 e. The molecule has 3 heteroatoms. The molecule has 2 unspecified atom stereocenters. The Morgan fingerprint density at radius 3 is 3.00 bits per heavy atom. The highest BCUT2D eigenvalue weighted by Gasteiger charge is 2.38. The van der Waals surface area contributed by atoms with E-state index in [-0.39, 0.29) is 0 Å². The first-order valence-electron chi connectivity index (χ1n) is 5.84. The van der Waals surface area contributed by atoms with E-state index in [9.17, 15) is 0 Å². The molecule has 2 rings (SSSR count). The van der Waals surface area contributed by atoms with Gasteiger partial charge in [-0.2, -0.15) is 0 Å². The molecule has 0 bridgehead atoms. The summed E-state index contributed by atoms with van der Waals surface area (Å²) in [5.41, 5.74) is 0. The number of likely N-dealkylation sites (tertiary alicyclic amines) is 1. The van der Waals surface area contributed by atoms with Crippen molar-refractivity contribution in [2.24, 2.45) is 0 Å². The Bertz CT molecular complexity index is 198. The van der Waals surface area contributed by atoms with Crippen molar-refractivity contribution in [1.29, 1.82) is 0 Å². The van der Waals surface area contributed by atoms with E-state index in [1.165, 1.54) is 44.5 Å². The van der Waals surface area contributed by atoms with Gasteiger partial charge in [0.05, 0.1) is 4.87 Å². The van der Waals surface area contributed by atoms with Crippen LogP contribution in [-0.4, -0.2) is 41.7 Å². The molecular formula is C11H22N2S. The summed E-state index contributed by atoms with van der Waals surface area (Å²) in [5, 5.41) is 3.85. The van der Waals surface area contributed by atoms with Crippen molar-refractivity contribution < 1.29 is 0 Å². The van der Waals surface area contributed by atoms with Crippen LogP contribution in [0.4, 0.5) is 0 Å². The van der Waals surface area contributed by atoms with E-state index in [2.05, 4.69) is 35.9 Å². The normalized spacial score (nSPS) is 40.3. The predicted octanol–water partition coefficient (Wildman–Crippen LogP) is 1.91. The average Bonchev–Trinajstić information content (AvgIpc) is 2.50.